The van der Waals surface area contributed by atoms with Crippen LogP contribution in [-0.4, -0.2) is 9.91 Å². The molecule has 0 saturated heterocycles. The Hall–Kier alpha value is -3.41. The van der Waals surface area contributed by atoms with Gasteiger partial charge in [0.05, 0.1) is 11.2 Å². The SMILES string of the molecule is O=[N+]([O-])c1cccc(-c2nc3ccc(-c4ccco4)cc3o2)c1. The molecule has 23 heavy (non-hydrogen) atoms. The van der Waals surface area contributed by atoms with Crippen LogP contribution in [0, 0.1) is 10.1 Å². The summed E-state index contributed by atoms with van der Waals surface area (Å²) in [4.78, 5) is 14.8. The standard InChI is InChI=1S/C17H10N2O4/c20-19(21)13-4-1-3-12(9-13)17-18-14-7-6-11(10-16(14)23-17)15-5-2-8-22-15/h1-10H. The molecule has 0 aliphatic rings. The van der Waals surface area contributed by atoms with Crippen LogP contribution in [0.3, 0.4) is 0 Å². The van der Waals surface area contributed by atoms with Gasteiger partial charge in [-0.3, -0.25) is 10.1 Å². The summed E-state index contributed by atoms with van der Waals surface area (Å²) in [7, 11) is 0. The molecule has 2 aromatic heterocycles. The van der Waals surface area contributed by atoms with Gasteiger partial charge in [0.15, 0.2) is 5.58 Å². The van der Waals surface area contributed by atoms with Gasteiger partial charge in [0.25, 0.3) is 5.69 Å². The van der Waals surface area contributed by atoms with Crippen molar-refractivity contribution in [3.63, 3.8) is 0 Å². The first-order chi connectivity index (χ1) is 11.2. The quantitative estimate of drug-likeness (QED) is 0.406. The van der Waals surface area contributed by atoms with E-state index in [1.807, 2.05) is 30.3 Å². The van der Waals surface area contributed by atoms with Gasteiger partial charge in [-0.25, -0.2) is 4.98 Å². The van der Waals surface area contributed by atoms with Gasteiger partial charge >= 0.3 is 0 Å². The summed E-state index contributed by atoms with van der Waals surface area (Å²) in [5, 5.41) is 10.9. The molecule has 0 amide bonds. The van der Waals surface area contributed by atoms with Crippen molar-refractivity contribution in [3.8, 4) is 22.8 Å². The lowest BCUT2D eigenvalue weighted by Gasteiger charge is -1.95. The number of rotatable bonds is 3. The maximum Gasteiger partial charge on any atom is 0.270 e. The smallest absolute Gasteiger partial charge is 0.270 e. The molecule has 0 aliphatic heterocycles. The van der Waals surface area contributed by atoms with Gasteiger partial charge in [0.1, 0.15) is 11.3 Å². The molecule has 6 nitrogen and oxygen atoms in total. The van der Waals surface area contributed by atoms with Crippen LogP contribution in [0.5, 0.6) is 0 Å². The minimum atomic E-state index is -0.443. The summed E-state index contributed by atoms with van der Waals surface area (Å²) in [6.07, 6.45) is 1.61. The van der Waals surface area contributed by atoms with Crippen molar-refractivity contribution in [2.45, 2.75) is 0 Å². The Bertz CT molecular complexity index is 1000. The van der Waals surface area contributed by atoms with Gasteiger partial charge in [0.2, 0.25) is 5.89 Å². The Balaban J connectivity index is 1.80. The van der Waals surface area contributed by atoms with E-state index in [0.717, 1.165) is 11.3 Å². The zero-order valence-electron chi connectivity index (χ0n) is 11.8. The maximum absolute atomic E-state index is 10.9. The van der Waals surface area contributed by atoms with E-state index in [2.05, 4.69) is 4.98 Å². The third-order valence-corrected chi connectivity index (χ3v) is 3.50. The van der Waals surface area contributed by atoms with Gasteiger partial charge in [-0.05, 0) is 36.4 Å². The van der Waals surface area contributed by atoms with E-state index >= 15 is 0 Å². The molecule has 0 N–H and O–H groups in total. The molecule has 112 valence electrons. The second kappa shape index (κ2) is 5.10. The molecule has 4 rings (SSSR count). The minimum absolute atomic E-state index is 0.000954. The van der Waals surface area contributed by atoms with Crippen molar-refractivity contribution in [1.82, 2.24) is 4.98 Å². The highest BCUT2D eigenvalue weighted by Crippen LogP contribution is 2.30. The Labute approximate surface area is 130 Å². The predicted molar refractivity (Wildman–Crippen MR) is 83.8 cm³/mol. The highest BCUT2D eigenvalue weighted by Gasteiger charge is 2.13. The number of nitro benzene ring substituents is 1. The summed E-state index contributed by atoms with van der Waals surface area (Å²) in [6, 6.07) is 15.4. The van der Waals surface area contributed by atoms with Crippen LogP contribution in [-0.2, 0) is 0 Å². The van der Waals surface area contributed by atoms with E-state index in [4.69, 9.17) is 8.83 Å². The van der Waals surface area contributed by atoms with Crippen LogP contribution in [0.25, 0.3) is 33.9 Å². The highest BCUT2D eigenvalue weighted by atomic mass is 16.6. The molecule has 0 atom stereocenters. The number of non-ortho nitro benzene ring substituents is 1. The van der Waals surface area contributed by atoms with E-state index in [1.165, 1.54) is 12.1 Å². The number of oxazole rings is 1. The lowest BCUT2D eigenvalue weighted by atomic mass is 10.1. The average Bonchev–Trinajstić information content (AvgIpc) is 3.23. The molecule has 4 aromatic rings. The summed E-state index contributed by atoms with van der Waals surface area (Å²) < 4.78 is 11.1. The Kier molecular flexibility index (Phi) is 2.94. The molecule has 6 heteroatoms. The van der Waals surface area contributed by atoms with Crippen molar-refractivity contribution >= 4 is 16.8 Å². The number of nitrogens with zero attached hydrogens (tertiary/aromatic N) is 2. The summed E-state index contributed by atoms with van der Waals surface area (Å²) in [5.41, 5.74) is 2.72. The summed E-state index contributed by atoms with van der Waals surface area (Å²) in [5.74, 6) is 1.08. The second-order valence-electron chi connectivity index (χ2n) is 4.99. The normalized spacial score (nSPS) is 11.0. The molecular weight excluding hydrogens is 296 g/mol. The number of aromatic nitrogens is 1. The zero-order chi connectivity index (χ0) is 15.8. The third-order valence-electron chi connectivity index (χ3n) is 3.50. The van der Waals surface area contributed by atoms with Gasteiger partial charge in [-0.2, -0.15) is 0 Å². The first kappa shape index (κ1) is 13.3. The Morgan fingerprint density at radius 1 is 1.00 bits per heavy atom. The Morgan fingerprint density at radius 2 is 1.91 bits per heavy atom. The maximum atomic E-state index is 10.9. The van der Waals surface area contributed by atoms with E-state index in [9.17, 15) is 10.1 Å². The van der Waals surface area contributed by atoms with Gasteiger partial charge < -0.3 is 8.83 Å². The molecule has 0 spiro atoms. The molecular formula is C17H10N2O4. The molecule has 0 aliphatic carbocycles. The van der Waals surface area contributed by atoms with Crippen molar-refractivity contribution < 1.29 is 13.8 Å². The lowest BCUT2D eigenvalue weighted by Crippen LogP contribution is -1.87. The fourth-order valence-electron chi connectivity index (χ4n) is 2.40. The minimum Gasteiger partial charge on any atom is -0.464 e. The molecule has 0 saturated carbocycles. The largest absolute Gasteiger partial charge is 0.464 e. The fraction of sp³-hybridized carbons (Fsp3) is 0. The Morgan fingerprint density at radius 3 is 2.70 bits per heavy atom. The molecule has 2 aromatic carbocycles. The van der Waals surface area contributed by atoms with Gasteiger partial charge in [0, 0.05) is 23.3 Å². The number of hydrogen-bond donors (Lipinski definition) is 0. The van der Waals surface area contributed by atoms with Crippen LogP contribution in [0.2, 0.25) is 0 Å². The monoisotopic (exact) mass is 306 g/mol. The van der Waals surface area contributed by atoms with Crippen molar-refractivity contribution in [2.75, 3.05) is 0 Å². The number of fused-ring (bicyclic) bond motifs is 1. The summed E-state index contributed by atoms with van der Waals surface area (Å²) in [6.45, 7) is 0. The second-order valence-corrected chi connectivity index (χ2v) is 4.99. The highest BCUT2D eigenvalue weighted by molar-refractivity contribution is 5.81. The number of hydrogen-bond acceptors (Lipinski definition) is 5. The van der Waals surface area contributed by atoms with Crippen molar-refractivity contribution in [2.24, 2.45) is 0 Å². The van der Waals surface area contributed by atoms with Gasteiger partial charge in [-0.1, -0.05) is 6.07 Å². The number of furan rings is 1. The predicted octanol–water partition coefficient (Wildman–Crippen LogP) is 4.66. The van der Waals surface area contributed by atoms with Crippen molar-refractivity contribution in [3.05, 3.63) is 71.0 Å². The van der Waals surface area contributed by atoms with Crippen molar-refractivity contribution in [1.29, 1.82) is 0 Å². The lowest BCUT2D eigenvalue weighted by molar-refractivity contribution is -0.384. The van der Waals surface area contributed by atoms with Gasteiger partial charge in [-0.15, -0.1) is 0 Å². The summed E-state index contributed by atoms with van der Waals surface area (Å²) >= 11 is 0. The van der Waals surface area contributed by atoms with Crippen LogP contribution < -0.4 is 0 Å². The van der Waals surface area contributed by atoms with Crippen LogP contribution >= 0.6 is 0 Å². The van der Waals surface area contributed by atoms with E-state index in [-0.39, 0.29) is 5.69 Å². The zero-order valence-corrected chi connectivity index (χ0v) is 11.8. The van der Waals surface area contributed by atoms with E-state index in [0.29, 0.717) is 22.6 Å². The third kappa shape index (κ3) is 2.36. The van der Waals surface area contributed by atoms with Crippen LogP contribution in [0.15, 0.2) is 69.7 Å². The topological polar surface area (TPSA) is 82.3 Å². The first-order valence-electron chi connectivity index (χ1n) is 6.90. The molecule has 2 heterocycles. The fourth-order valence-corrected chi connectivity index (χ4v) is 2.40. The van der Waals surface area contributed by atoms with E-state index < -0.39 is 4.92 Å². The average molecular weight is 306 g/mol. The van der Waals surface area contributed by atoms with Crippen LogP contribution in [0.1, 0.15) is 0 Å². The molecule has 0 unspecified atom stereocenters. The number of benzene rings is 2. The molecule has 0 fully saturated rings. The van der Waals surface area contributed by atoms with E-state index in [1.54, 1.807) is 18.4 Å². The first-order valence-corrected chi connectivity index (χ1v) is 6.90. The molecule has 0 radical (unpaired) electrons. The molecule has 0 bridgehead atoms. The number of nitro groups is 1. The van der Waals surface area contributed by atoms with Crippen LogP contribution in [0.4, 0.5) is 5.69 Å².